The number of carbonyl (C=O) groups is 2. The van der Waals surface area contributed by atoms with Crippen molar-refractivity contribution in [2.45, 2.75) is 23.2 Å². The Morgan fingerprint density at radius 1 is 1.22 bits per heavy atom. The third kappa shape index (κ3) is 4.45. The Labute approximate surface area is 163 Å². The highest BCUT2D eigenvalue weighted by molar-refractivity contribution is 8.01. The standard InChI is InChI=1S/C19H16FN3O2S2/c20-14-4-2-1-3-13(14)18(25)22-12-7-8-15-16(9-12)27-19(23-15)26-10-17(24)21-11-5-6-11/h1-4,7-9,11H,5-6,10H2,(H,21,24)(H,22,25). The summed E-state index contributed by atoms with van der Waals surface area (Å²) in [6.07, 6.45) is 2.14. The van der Waals surface area contributed by atoms with Crippen LogP contribution in [0.1, 0.15) is 23.2 Å². The zero-order valence-corrected chi connectivity index (χ0v) is 15.8. The third-order valence-electron chi connectivity index (χ3n) is 4.01. The van der Waals surface area contributed by atoms with Crippen LogP contribution in [0.3, 0.4) is 0 Å². The molecule has 3 aromatic rings. The van der Waals surface area contributed by atoms with E-state index in [2.05, 4.69) is 15.6 Å². The molecule has 1 fully saturated rings. The Bertz CT molecular complexity index is 1020. The summed E-state index contributed by atoms with van der Waals surface area (Å²) in [5.74, 6) is -0.687. The number of nitrogens with one attached hydrogen (secondary N) is 2. The molecular weight excluding hydrogens is 385 g/mol. The number of benzene rings is 2. The molecule has 0 unspecified atom stereocenters. The van der Waals surface area contributed by atoms with Crippen LogP contribution < -0.4 is 10.6 Å². The van der Waals surface area contributed by atoms with E-state index in [0.717, 1.165) is 27.4 Å². The van der Waals surface area contributed by atoms with Crippen LogP contribution in [-0.2, 0) is 4.79 Å². The van der Waals surface area contributed by atoms with Gasteiger partial charge >= 0.3 is 0 Å². The van der Waals surface area contributed by atoms with E-state index in [9.17, 15) is 14.0 Å². The van der Waals surface area contributed by atoms with Crippen LogP contribution in [0.25, 0.3) is 10.2 Å². The van der Waals surface area contributed by atoms with Crippen LogP contribution in [0.2, 0.25) is 0 Å². The Kier molecular flexibility index (Phi) is 5.09. The summed E-state index contributed by atoms with van der Waals surface area (Å²) in [4.78, 5) is 28.5. The normalized spacial score (nSPS) is 13.5. The van der Waals surface area contributed by atoms with Gasteiger partial charge in [0, 0.05) is 11.7 Å². The average molecular weight is 401 g/mol. The van der Waals surface area contributed by atoms with E-state index in [1.165, 1.54) is 35.2 Å². The highest BCUT2D eigenvalue weighted by atomic mass is 32.2. The first kappa shape index (κ1) is 17.9. The van der Waals surface area contributed by atoms with Gasteiger partial charge in [0.1, 0.15) is 5.82 Å². The molecule has 0 radical (unpaired) electrons. The van der Waals surface area contributed by atoms with Gasteiger partial charge in [0.2, 0.25) is 5.91 Å². The molecule has 0 aliphatic heterocycles. The molecule has 2 amide bonds. The van der Waals surface area contributed by atoms with E-state index in [1.807, 2.05) is 0 Å². The molecule has 1 heterocycles. The van der Waals surface area contributed by atoms with E-state index in [0.29, 0.717) is 17.5 Å². The van der Waals surface area contributed by atoms with Gasteiger partial charge in [0.05, 0.1) is 21.5 Å². The molecule has 1 saturated carbocycles. The summed E-state index contributed by atoms with van der Waals surface area (Å²) in [6.45, 7) is 0. The number of fused-ring (bicyclic) bond motifs is 1. The molecule has 0 bridgehead atoms. The molecule has 0 saturated heterocycles. The lowest BCUT2D eigenvalue weighted by molar-refractivity contribution is -0.118. The Morgan fingerprint density at radius 3 is 2.81 bits per heavy atom. The molecule has 138 valence electrons. The van der Waals surface area contributed by atoms with Crippen molar-refractivity contribution in [3.63, 3.8) is 0 Å². The number of thiazole rings is 1. The largest absolute Gasteiger partial charge is 0.353 e. The van der Waals surface area contributed by atoms with Gasteiger partial charge in [0.15, 0.2) is 4.34 Å². The number of anilines is 1. The number of aromatic nitrogens is 1. The van der Waals surface area contributed by atoms with Crippen molar-refractivity contribution in [2.75, 3.05) is 11.1 Å². The molecule has 4 rings (SSSR count). The maximum Gasteiger partial charge on any atom is 0.258 e. The maximum absolute atomic E-state index is 13.7. The minimum atomic E-state index is -0.558. The molecule has 2 N–H and O–H groups in total. The smallest absolute Gasteiger partial charge is 0.258 e. The van der Waals surface area contributed by atoms with E-state index < -0.39 is 11.7 Å². The SMILES string of the molecule is O=C(CSc1nc2ccc(NC(=O)c3ccccc3F)cc2s1)NC1CC1. The van der Waals surface area contributed by atoms with E-state index in [1.54, 1.807) is 30.3 Å². The first-order valence-corrected chi connectivity index (χ1v) is 10.3. The highest BCUT2D eigenvalue weighted by Gasteiger charge is 2.23. The molecular formula is C19H16FN3O2S2. The summed E-state index contributed by atoms with van der Waals surface area (Å²) in [5, 5.41) is 5.66. The van der Waals surface area contributed by atoms with Gasteiger partial charge in [-0.1, -0.05) is 23.9 Å². The van der Waals surface area contributed by atoms with Crippen molar-refractivity contribution in [3.8, 4) is 0 Å². The second-order valence-corrected chi connectivity index (χ2v) is 8.48. The molecule has 27 heavy (non-hydrogen) atoms. The van der Waals surface area contributed by atoms with Crippen LogP contribution in [0, 0.1) is 5.82 Å². The molecule has 0 atom stereocenters. The van der Waals surface area contributed by atoms with Crippen molar-refractivity contribution in [1.82, 2.24) is 10.3 Å². The number of hydrogen-bond donors (Lipinski definition) is 2. The predicted molar refractivity (Wildman–Crippen MR) is 106 cm³/mol. The van der Waals surface area contributed by atoms with Gasteiger partial charge in [0.25, 0.3) is 5.91 Å². The zero-order chi connectivity index (χ0) is 18.8. The van der Waals surface area contributed by atoms with Gasteiger partial charge in [-0.05, 0) is 43.2 Å². The van der Waals surface area contributed by atoms with Crippen molar-refractivity contribution < 1.29 is 14.0 Å². The molecule has 2 aromatic carbocycles. The van der Waals surface area contributed by atoms with Crippen molar-refractivity contribution in [1.29, 1.82) is 0 Å². The first-order chi connectivity index (χ1) is 13.1. The van der Waals surface area contributed by atoms with Gasteiger partial charge in [-0.25, -0.2) is 9.37 Å². The van der Waals surface area contributed by atoms with Crippen LogP contribution in [-0.4, -0.2) is 28.6 Å². The number of rotatable bonds is 6. The monoisotopic (exact) mass is 401 g/mol. The van der Waals surface area contributed by atoms with Gasteiger partial charge in [-0.15, -0.1) is 11.3 Å². The Morgan fingerprint density at radius 2 is 2.04 bits per heavy atom. The molecule has 5 nitrogen and oxygen atoms in total. The number of amides is 2. The minimum Gasteiger partial charge on any atom is -0.353 e. The lowest BCUT2D eigenvalue weighted by Gasteiger charge is -2.05. The molecule has 1 aliphatic carbocycles. The number of hydrogen-bond acceptors (Lipinski definition) is 5. The second kappa shape index (κ2) is 7.66. The zero-order valence-electron chi connectivity index (χ0n) is 14.2. The first-order valence-electron chi connectivity index (χ1n) is 8.47. The summed E-state index contributed by atoms with van der Waals surface area (Å²) >= 11 is 2.86. The summed E-state index contributed by atoms with van der Waals surface area (Å²) in [6, 6.07) is 11.6. The van der Waals surface area contributed by atoms with Crippen LogP contribution in [0.15, 0.2) is 46.8 Å². The Balaban J connectivity index is 1.43. The maximum atomic E-state index is 13.7. The van der Waals surface area contributed by atoms with Crippen molar-refractivity contribution >= 4 is 50.8 Å². The summed E-state index contributed by atoms with van der Waals surface area (Å²) in [5.41, 5.74) is 1.37. The van der Waals surface area contributed by atoms with Gasteiger partial charge in [-0.2, -0.15) is 0 Å². The number of halogens is 1. The van der Waals surface area contributed by atoms with Crippen LogP contribution in [0.4, 0.5) is 10.1 Å². The average Bonchev–Trinajstić information content (AvgIpc) is 3.36. The fourth-order valence-electron chi connectivity index (χ4n) is 2.51. The fraction of sp³-hybridized carbons (Fsp3) is 0.211. The quantitative estimate of drug-likeness (QED) is 0.611. The third-order valence-corrected chi connectivity index (χ3v) is 6.18. The van der Waals surface area contributed by atoms with E-state index in [-0.39, 0.29) is 11.5 Å². The molecule has 1 aliphatic rings. The van der Waals surface area contributed by atoms with Gasteiger partial charge in [-0.3, -0.25) is 9.59 Å². The number of thioether (sulfide) groups is 1. The Hall–Kier alpha value is -2.45. The summed E-state index contributed by atoms with van der Waals surface area (Å²) < 4.78 is 15.4. The van der Waals surface area contributed by atoms with Crippen LogP contribution in [0.5, 0.6) is 0 Å². The molecule has 0 spiro atoms. The molecule has 8 heteroatoms. The number of carbonyl (C=O) groups excluding carboxylic acids is 2. The van der Waals surface area contributed by atoms with E-state index >= 15 is 0 Å². The van der Waals surface area contributed by atoms with Crippen molar-refractivity contribution in [2.24, 2.45) is 0 Å². The number of nitrogens with zero attached hydrogens (tertiary/aromatic N) is 1. The lowest BCUT2D eigenvalue weighted by atomic mass is 10.2. The second-order valence-electron chi connectivity index (χ2n) is 6.23. The van der Waals surface area contributed by atoms with Crippen molar-refractivity contribution in [3.05, 3.63) is 53.8 Å². The van der Waals surface area contributed by atoms with Gasteiger partial charge < -0.3 is 10.6 Å². The minimum absolute atomic E-state index is 0.000166. The topological polar surface area (TPSA) is 71.1 Å². The molecule has 1 aromatic heterocycles. The lowest BCUT2D eigenvalue weighted by Crippen LogP contribution is -2.26. The van der Waals surface area contributed by atoms with E-state index in [4.69, 9.17) is 0 Å². The highest BCUT2D eigenvalue weighted by Crippen LogP contribution is 2.31. The summed E-state index contributed by atoms with van der Waals surface area (Å²) in [7, 11) is 0. The fourth-order valence-corrected chi connectivity index (χ4v) is 4.43. The predicted octanol–water partition coefficient (Wildman–Crippen LogP) is 4.06. The van der Waals surface area contributed by atoms with Crippen LogP contribution >= 0.6 is 23.1 Å².